The van der Waals surface area contributed by atoms with Gasteiger partial charge in [-0.1, -0.05) is 0 Å². The summed E-state index contributed by atoms with van der Waals surface area (Å²) in [5, 5.41) is 2.74. The van der Waals surface area contributed by atoms with Gasteiger partial charge < -0.3 is 20.9 Å². The average Bonchev–Trinajstić information content (AvgIpc) is 2.28. The zero-order valence-electron chi connectivity index (χ0n) is 10.3. The fourth-order valence-electron chi connectivity index (χ4n) is 1.68. The van der Waals surface area contributed by atoms with Crippen molar-refractivity contribution in [1.29, 1.82) is 0 Å². The van der Waals surface area contributed by atoms with Crippen LogP contribution in [-0.4, -0.2) is 60.5 Å². The Labute approximate surface area is 108 Å². The Morgan fingerprint density at radius 2 is 1.71 bits per heavy atom. The molecule has 17 heavy (non-hydrogen) atoms. The first kappa shape index (κ1) is 16.0. The lowest BCUT2D eigenvalue weighted by Gasteiger charge is -2.35. The van der Waals surface area contributed by atoms with Crippen molar-refractivity contribution < 1.29 is 9.59 Å². The molecule has 100 valence electrons. The molecule has 6 nitrogen and oxygen atoms in total. The van der Waals surface area contributed by atoms with Crippen LogP contribution in [0, 0.1) is 0 Å². The smallest absolute Gasteiger partial charge is 0.317 e. The van der Waals surface area contributed by atoms with Gasteiger partial charge in [-0.25, -0.2) is 4.79 Å². The molecular formula is C10H21ClN4O2. The highest BCUT2D eigenvalue weighted by molar-refractivity contribution is 5.85. The molecule has 1 rings (SSSR count). The molecule has 3 amide bonds. The zero-order chi connectivity index (χ0) is 12.1. The molecule has 0 unspecified atom stereocenters. The molecule has 1 heterocycles. The highest BCUT2D eigenvalue weighted by Gasteiger charge is 2.24. The molecule has 1 fully saturated rings. The molecule has 1 aliphatic rings. The number of halogens is 1. The van der Waals surface area contributed by atoms with Gasteiger partial charge in [0.25, 0.3) is 0 Å². The molecule has 7 heteroatoms. The van der Waals surface area contributed by atoms with Crippen molar-refractivity contribution in [2.45, 2.75) is 19.9 Å². The molecule has 0 spiro atoms. The fourth-order valence-corrected chi connectivity index (χ4v) is 1.68. The van der Waals surface area contributed by atoms with Crippen LogP contribution >= 0.6 is 12.4 Å². The van der Waals surface area contributed by atoms with Gasteiger partial charge in [-0.2, -0.15) is 0 Å². The fraction of sp³-hybridized carbons (Fsp3) is 0.800. The first-order chi connectivity index (χ1) is 7.56. The Morgan fingerprint density at radius 3 is 2.12 bits per heavy atom. The Morgan fingerprint density at radius 1 is 1.24 bits per heavy atom. The van der Waals surface area contributed by atoms with Gasteiger partial charge >= 0.3 is 6.03 Å². The standard InChI is InChI=1S/C10H20N4O2.ClH/c1-3-12-10(16)14-6-4-13(5-7-14)9(15)8(2)11;/h8H,3-7,11H2,1-2H3,(H,12,16);1H/t8-;/m0./s1. The van der Waals surface area contributed by atoms with Crippen LogP contribution in [0.15, 0.2) is 0 Å². The number of rotatable bonds is 2. The number of hydrogen-bond donors (Lipinski definition) is 2. The van der Waals surface area contributed by atoms with Crippen LogP contribution in [0.4, 0.5) is 4.79 Å². The van der Waals surface area contributed by atoms with Crippen molar-refractivity contribution in [3.8, 4) is 0 Å². The maximum Gasteiger partial charge on any atom is 0.317 e. The van der Waals surface area contributed by atoms with E-state index in [1.54, 1.807) is 16.7 Å². The van der Waals surface area contributed by atoms with Gasteiger partial charge in [0.2, 0.25) is 5.91 Å². The van der Waals surface area contributed by atoms with E-state index in [4.69, 9.17) is 5.73 Å². The van der Waals surface area contributed by atoms with Crippen LogP contribution in [0.3, 0.4) is 0 Å². The summed E-state index contributed by atoms with van der Waals surface area (Å²) in [6.07, 6.45) is 0. The lowest BCUT2D eigenvalue weighted by atomic mass is 10.2. The zero-order valence-corrected chi connectivity index (χ0v) is 11.1. The maximum atomic E-state index is 11.6. The van der Waals surface area contributed by atoms with Crippen molar-refractivity contribution in [2.75, 3.05) is 32.7 Å². The summed E-state index contributed by atoms with van der Waals surface area (Å²) in [5.41, 5.74) is 5.52. The van der Waals surface area contributed by atoms with Crippen LogP contribution in [0.1, 0.15) is 13.8 Å². The van der Waals surface area contributed by atoms with Gasteiger partial charge in [0.15, 0.2) is 0 Å². The minimum atomic E-state index is -0.462. The molecule has 1 atom stereocenters. The van der Waals surface area contributed by atoms with Crippen LogP contribution < -0.4 is 11.1 Å². The van der Waals surface area contributed by atoms with Gasteiger partial charge in [-0.05, 0) is 13.8 Å². The summed E-state index contributed by atoms with van der Waals surface area (Å²) >= 11 is 0. The summed E-state index contributed by atoms with van der Waals surface area (Å²) < 4.78 is 0. The van der Waals surface area contributed by atoms with Crippen molar-refractivity contribution in [2.24, 2.45) is 5.73 Å². The van der Waals surface area contributed by atoms with E-state index in [9.17, 15) is 9.59 Å². The van der Waals surface area contributed by atoms with Gasteiger partial charge in [0, 0.05) is 32.7 Å². The van der Waals surface area contributed by atoms with Crippen LogP contribution in [0.2, 0.25) is 0 Å². The van der Waals surface area contributed by atoms with E-state index in [1.807, 2.05) is 6.92 Å². The highest BCUT2D eigenvalue weighted by Crippen LogP contribution is 2.03. The SMILES string of the molecule is CCNC(=O)N1CCN(C(=O)[C@H](C)N)CC1.Cl. The minimum absolute atomic E-state index is 0. The van der Waals surface area contributed by atoms with Crippen molar-refractivity contribution >= 4 is 24.3 Å². The topological polar surface area (TPSA) is 78.7 Å². The summed E-state index contributed by atoms with van der Waals surface area (Å²) in [4.78, 5) is 26.5. The van der Waals surface area contributed by atoms with Crippen LogP contribution in [0.25, 0.3) is 0 Å². The number of hydrogen-bond acceptors (Lipinski definition) is 3. The summed E-state index contributed by atoms with van der Waals surface area (Å²) in [5.74, 6) is -0.0458. The first-order valence-electron chi connectivity index (χ1n) is 5.63. The van der Waals surface area contributed by atoms with E-state index in [-0.39, 0.29) is 24.3 Å². The first-order valence-corrected chi connectivity index (χ1v) is 5.63. The molecule has 0 aromatic carbocycles. The maximum absolute atomic E-state index is 11.6. The van der Waals surface area contributed by atoms with Gasteiger partial charge in [-0.3, -0.25) is 4.79 Å². The molecule has 0 aromatic heterocycles. The van der Waals surface area contributed by atoms with Crippen LogP contribution in [-0.2, 0) is 4.79 Å². The predicted molar refractivity (Wildman–Crippen MR) is 68.1 cm³/mol. The lowest BCUT2D eigenvalue weighted by Crippen LogP contribution is -2.55. The quantitative estimate of drug-likeness (QED) is 0.714. The number of carbonyl (C=O) groups excluding carboxylic acids is 2. The second kappa shape index (κ2) is 7.34. The molecule has 1 aliphatic heterocycles. The molecular weight excluding hydrogens is 244 g/mol. The van der Waals surface area contributed by atoms with Gasteiger partial charge in [-0.15, -0.1) is 12.4 Å². The third-order valence-electron chi connectivity index (χ3n) is 2.60. The number of amides is 3. The molecule has 0 aliphatic carbocycles. The Hall–Kier alpha value is -1.01. The van der Waals surface area contributed by atoms with Crippen molar-refractivity contribution in [3.05, 3.63) is 0 Å². The number of nitrogens with two attached hydrogens (primary N) is 1. The van der Waals surface area contributed by atoms with Crippen molar-refractivity contribution in [3.63, 3.8) is 0 Å². The monoisotopic (exact) mass is 264 g/mol. The number of nitrogens with one attached hydrogen (secondary N) is 1. The molecule has 0 radical (unpaired) electrons. The Balaban J connectivity index is 0.00000256. The van der Waals surface area contributed by atoms with E-state index in [1.165, 1.54) is 0 Å². The van der Waals surface area contributed by atoms with Crippen LogP contribution in [0.5, 0.6) is 0 Å². The summed E-state index contributed by atoms with van der Waals surface area (Å²) in [7, 11) is 0. The predicted octanol–water partition coefficient (Wildman–Crippen LogP) is -0.371. The van der Waals surface area contributed by atoms with E-state index >= 15 is 0 Å². The third-order valence-corrected chi connectivity index (χ3v) is 2.60. The van der Waals surface area contributed by atoms with E-state index in [2.05, 4.69) is 5.32 Å². The minimum Gasteiger partial charge on any atom is -0.338 e. The highest BCUT2D eigenvalue weighted by atomic mass is 35.5. The average molecular weight is 265 g/mol. The number of urea groups is 1. The second-order valence-corrected chi connectivity index (χ2v) is 3.94. The summed E-state index contributed by atoms with van der Waals surface area (Å²) in [6, 6.07) is -0.522. The Kier molecular flexibility index (Phi) is 6.91. The largest absolute Gasteiger partial charge is 0.338 e. The van der Waals surface area contributed by atoms with Gasteiger partial charge in [0.1, 0.15) is 0 Å². The van der Waals surface area contributed by atoms with E-state index in [0.717, 1.165) is 0 Å². The molecule has 0 aromatic rings. The van der Waals surface area contributed by atoms with Crippen molar-refractivity contribution in [1.82, 2.24) is 15.1 Å². The van der Waals surface area contributed by atoms with Gasteiger partial charge in [0.05, 0.1) is 6.04 Å². The summed E-state index contributed by atoms with van der Waals surface area (Å²) in [6.45, 7) is 6.47. The molecule has 0 saturated carbocycles. The second-order valence-electron chi connectivity index (χ2n) is 3.94. The molecule has 0 bridgehead atoms. The van der Waals surface area contributed by atoms with E-state index in [0.29, 0.717) is 32.7 Å². The molecule has 1 saturated heterocycles. The molecule has 3 N–H and O–H groups in total. The normalized spacial score (nSPS) is 17.1. The number of carbonyl (C=O) groups is 2. The Bertz CT molecular complexity index is 265. The lowest BCUT2D eigenvalue weighted by molar-refractivity contribution is -0.133. The van der Waals surface area contributed by atoms with E-state index < -0.39 is 6.04 Å². The number of nitrogens with zero attached hydrogens (tertiary/aromatic N) is 2. The third kappa shape index (κ3) is 4.40. The number of piperazine rings is 1.